The second kappa shape index (κ2) is 6.42. The van der Waals surface area contributed by atoms with E-state index in [1.807, 2.05) is 54.7 Å². The van der Waals surface area contributed by atoms with Crippen molar-refractivity contribution in [3.8, 4) is 11.5 Å². The van der Waals surface area contributed by atoms with Crippen LogP contribution < -0.4 is 0 Å². The van der Waals surface area contributed by atoms with E-state index in [0.717, 1.165) is 27.2 Å². The molecular formula is C20H15N3S. The van der Waals surface area contributed by atoms with Gasteiger partial charge in [0.15, 0.2) is 5.82 Å². The number of fused-ring (bicyclic) bond motifs is 1. The zero-order valence-corrected chi connectivity index (χ0v) is 14.0. The average Bonchev–Trinajstić information content (AvgIpc) is 2.64. The van der Waals surface area contributed by atoms with E-state index >= 15 is 0 Å². The SMILES string of the molecule is Cc1ccc(-c2ncc3ccccc3n2)nc1Sc1ccccc1. The van der Waals surface area contributed by atoms with E-state index < -0.39 is 0 Å². The highest BCUT2D eigenvalue weighted by Gasteiger charge is 2.09. The Morgan fingerprint density at radius 3 is 2.46 bits per heavy atom. The Hall–Kier alpha value is -2.72. The van der Waals surface area contributed by atoms with Crippen LogP contribution in [0.2, 0.25) is 0 Å². The van der Waals surface area contributed by atoms with Crippen LogP contribution >= 0.6 is 11.8 Å². The van der Waals surface area contributed by atoms with Gasteiger partial charge in [-0.05, 0) is 36.8 Å². The molecular weight excluding hydrogens is 314 g/mol. The fourth-order valence-corrected chi connectivity index (χ4v) is 3.32. The lowest BCUT2D eigenvalue weighted by Crippen LogP contribution is -1.95. The topological polar surface area (TPSA) is 38.7 Å². The lowest BCUT2D eigenvalue weighted by molar-refractivity contribution is 1.06. The standard InChI is InChI=1S/C20H15N3S/c1-14-11-12-18(23-20(14)24-16-8-3-2-4-9-16)19-21-13-15-7-5-6-10-17(15)22-19/h2-13H,1H3. The highest BCUT2D eigenvalue weighted by Crippen LogP contribution is 2.30. The van der Waals surface area contributed by atoms with Crippen LogP contribution in [0.3, 0.4) is 0 Å². The maximum absolute atomic E-state index is 4.78. The van der Waals surface area contributed by atoms with Gasteiger partial charge in [-0.2, -0.15) is 0 Å². The molecule has 0 bridgehead atoms. The van der Waals surface area contributed by atoms with Crippen molar-refractivity contribution in [1.29, 1.82) is 0 Å². The molecule has 0 radical (unpaired) electrons. The third-order valence-corrected chi connectivity index (χ3v) is 4.84. The van der Waals surface area contributed by atoms with Crippen molar-refractivity contribution in [3.63, 3.8) is 0 Å². The Morgan fingerprint density at radius 2 is 1.58 bits per heavy atom. The molecule has 0 fully saturated rings. The first-order valence-electron chi connectivity index (χ1n) is 7.72. The van der Waals surface area contributed by atoms with Gasteiger partial charge in [0.05, 0.1) is 5.52 Å². The molecule has 0 saturated heterocycles. The molecule has 4 heteroatoms. The second-order valence-corrected chi connectivity index (χ2v) is 6.55. The highest BCUT2D eigenvalue weighted by molar-refractivity contribution is 7.99. The van der Waals surface area contributed by atoms with Crippen molar-refractivity contribution >= 4 is 22.7 Å². The Bertz CT molecular complexity index is 1000. The predicted octanol–water partition coefficient (Wildman–Crippen LogP) is 5.15. The fraction of sp³-hybridized carbons (Fsp3) is 0.0500. The van der Waals surface area contributed by atoms with E-state index in [9.17, 15) is 0 Å². The molecule has 3 nitrogen and oxygen atoms in total. The first-order valence-corrected chi connectivity index (χ1v) is 8.54. The molecule has 4 aromatic rings. The minimum Gasteiger partial charge on any atom is -0.237 e. The zero-order chi connectivity index (χ0) is 16.4. The number of nitrogens with zero attached hydrogens (tertiary/aromatic N) is 3. The summed E-state index contributed by atoms with van der Waals surface area (Å²) in [5.74, 6) is 0.656. The number of aromatic nitrogens is 3. The van der Waals surface area contributed by atoms with Crippen molar-refractivity contribution in [2.75, 3.05) is 0 Å². The molecule has 0 unspecified atom stereocenters. The van der Waals surface area contributed by atoms with E-state index in [-0.39, 0.29) is 0 Å². The Balaban J connectivity index is 1.73. The summed E-state index contributed by atoms with van der Waals surface area (Å²) < 4.78 is 0. The van der Waals surface area contributed by atoms with Crippen molar-refractivity contribution in [3.05, 3.63) is 78.5 Å². The number of benzene rings is 2. The molecule has 2 heterocycles. The maximum Gasteiger partial charge on any atom is 0.178 e. The van der Waals surface area contributed by atoms with Crippen molar-refractivity contribution in [1.82, 2.24) is 15.0 Å². The lowest BCUT2D eigenvalue weighted by atomic mass is 10.2. The van der Waals surface area contributed by atoms with Gasteiger partial charge in [-0.15, -0.1) is 0 Å². The predicted molar refractivity (Wildman–Crippen MR) is 98.1 cm³/mol. The lowest BCUT2D eigenvalue weighted by Gasteiger charge is -2.07. The number of hydrogen-bond acceptors (Lipinski definition) is 4. The van der Waals surface area contributed by atoms with E-state index in [0.29, 0.717) is 5.82 Å². The molecule has 2 aromatic carbocycles. The summed E-state index contributed by atoms with van der Waals surface area (Å²) in [6.45, 7) is 2.07. The molecule has 24 heavy (non-hydrogen) atoms. The summed E-state index contributed by atoms with van der Waals surface area (Å²) in [7, 11) is 0. The molecule has 116 valence electrons. The quantitative estimate of drug-likeness (QED) is 0.521. The maximum atomic E-state index is 4.78. The number of hydrogen-bond donors (Lipinski definition) is 0. The average molecular weight is 329 g/mol. The normalized spacial score (nSPS) is 10.9. The molecule has 0 spiro atoms. The minimum absolute atomic E-state index is 0.656. The summed E-state index contributed by atoms with van der Waals surface area (Å²) in [4.78, 5) is 15.1. The number of pyridine rings is 1. The van der Waals surface area contributed by atoms with Gasteiger partial charge >= 0.3 is 0 Å². The second-order valence-electron chi connectivity index (χ2n) is 5.49. The molecule has 4 rings (SSSR count). The number of para-hydroxylation sites is 1. The van der Waals surface area contributed by atoms with Gasteiger partial charge in [0.1, 0.15) is 10.7 Å². The van der Waals surface area contributed by atoms with Crippen molar-refractivity contribution in [2.45, 2.75) is 16.8 Å². The Morgan fingerprint density at radius 1 is 0.792 bits per heavy atom. The Labute approximate surface area is 144 Å². The molecule has 0 aliphatic carbocycles. The summed E-state index contributed by atoms with van der Waals surface area (Å²) in [5, 5.41) is 2.02. The molecule has 0 saturated carbocycles. The van der Waals surface area contributed by atoms with Crippen LogP contribution in [0.5, 0.6) is 0 Å². The van der Waals surface area contributed by atoms with Crippen LogP contribution in [0.25, 0.3) is 22.4 Å². The third-order valence-electron chi connectivity index (χ3n) is 3.73. The van der Waals surface area contributed by atoms with E-state index in [1.54, 1.807) is 11.8 Å². The molecule has 0 aliphatic heterocycles. The molecule has 0 aliphatic rings. The van der Waals surface area contributed by atoms with Crippen molar-refractivity contribution in [2.24, 2.45) is 0 Å². The van der Waals surface area contributed by atoms with Crippen LogP contribution in [-0.2, 0) is 0 Å². The summed E-state index contributed by atoms with van der Waals surface area (Å²) in [6, 6.07) is 22.3. The monoisotopic (exact) mass is 329 g/mol. The van der Waals surface area contributed by atoms with E-state index in [2.05, 4.69) is 35.1 Å². The van der Waals surface area contributed by atoms with E-state index in [1.165, 1.54) is 4.90 Å². The molecule has 0 N–H and O–H groups in total. The van der Waals surface area contributed by atoms with Crippen LogP contribution in [-0.4, -0.2) is 15.0 Å². The summed E-state index contributed by atoms with van der Waals surface area (Å²) >= 11 is 1.66. The van der Waals surface area contributed by atoms with Gasteiger partial charge in [-0.1, -0.05) is 54.2 Å². The van der Waals surface area contributed by atoms with Crippen LogP contribution in [0.4, 0.5) is 0 Å². The summed E-state index contributed by atoms with van der Waals surface area (Å²) in [5.41, 5.74) is 2.88. The first-order chi connectivity index (χ1) is 11.8. The molecule has 2 aromatic heterocycles. The van der Waals surface area contributed by atoms with Crippen LogP contribution in [0.15, 0.2) is 82.8 Å². The number of aryl methyl sites for hydroxylation is 1. The summed E-state index contributed by atoms with van der Waals surface area (Å²) in [6.07, 6.45) is 1.85. The van der Waals surface area contributed by atoms with Gasteiger partial charge in [-0.3, -0.25) is 0 Å². The third kappa shape index (κ3) is 3.01. The van der Waals surface area contributed by atoms with Gasteiger partial charge in [-0.25, -0.2) is 15.0 Å². The smallest absolute Gasteiger partial charge is 0.178 e. The van der Waals surface area contributed by atoms with E-state index in [4.69, 9.17) is 4.98 Å². The van der Waals surface area contributed by atoms with Crippen LogP contribution in [0.1, 0.15) is 5.56 Å². The fourth-order valence-electron chi connectivity index (χ4n) is 2.43. The first kappa shape index (κ1) is 14.8. The molecule has 0 amide bonds. The minimum atomic E-state index is 0.656. The largest absolute Gasteiger partial charge is 0.237 e. The number of rotatable bonds is 3. The van der Waals surface area contributed by atoms with Gasteiger partial charge in [0.2, 0.25) is 0 Å². The Kier molecular flexibility index (Phi) is 3.97. The van der Waals surface area contributed by atoms with Crippen LogP contribution in [0, 0.1) is 6.92 Å². The highest BCUT2D eigenvalue weighted by atomic mass is 32.2. The van der Waals surface area contributed by atoms with Gasteiger partial charge < -0.3 is 0 Å². The zero-order valence-electron chi connectivity index (χ0n) is 13.2. The van der Waals surface area contributed by atoms with Gasteiger partial charge in [0.25, 0.3) is 0 Å². The van der Waals surface area contributed by atoms with Crippen molar-refractivity contribution < 1.29 is 0 Å². The molecule has 0 atom stereocenters. The van der Waals surface area contributed by atoms with Gasteiger partial charge in [0, 0.05) is 16.5 Å².